The highest BCUT2D eigenvalue weighted by atomic mass is 15.0. The van der Waals surface area contributed by atoms with Gasteiger partial charge in [-0.2, -0.15) is 0 Å². The van der Waals surface area contributed by atoms with Gasteiger partial charge in [0.1, 0.15) is 5.65 Å². The summed E-state index contributed by atoms with van der Waals surface area (Å²) in [6, 6.07) is 16.2. The second-order valence-corrected chi connectivity index (χ2v) is 3.93. The van der Waals surface area contributed by atoms with Gasteiger partial charge in [0.05, 0.1) is 0 Å². The number of hydrogen-bond donors (Lipinski definition) is 0. The lowest BCUT2D eigenvalue weighted by molar-refractivity contribution is 1.19. The fourth-order valence-corrected chi connectivity index (χ4v) is 1.84. The van der Waals surface area contributed by atoms with Crippen LogP contribution >= 0.6 is 0 Å². The van der Waals surface area contributed by atoms with E-state index in [0.717, 1.165) is 5.65 Å². The minimum Gasteiger partial charge on any atom is -0.324 e. The van der Waals surface area contributed by atoms with Gasteiger partial charge in [0.2, 0.25) is 0 Å². The predicted molar refractivity (Wildman–Crippen MR) is 72.6 cm³/mol. The highest BCUT2D eigenvalue weighted by Gasteiger charge is 1.85. The fourth-order valence-electron chi connectivity index (χ4n) is 1.84. The molecule has 0 bridgehead atoms. The van der Waals surface area contributed by atoms with E-state index in [1.807, 2.05) is 65.6 Å². The summed E-state index contributed by atoms with van der Waals surface area (Å²) in [4.78, 5) is 4.08. The summed E-state index contributed by atoms with van der Waals surface area (Å²) >= 11 is 0. The second-order valence-electron chi connectivity index (χ2n) is 3.93. The van der Waals surface area contributed by atoms with Crippen LogP contribution in [0.2, 0.25) is 0 Å². The van der Waals surface area contributed by atoms with Gasteiger partial charge in [0, 0.05) is 36.5 Å². The minimum atomic E-state index is 0.998. The van der Waals surface area contributed by atoms with Gasteiger partial charge in [-0.15, -0.1) is 0 Å². The number of pyridine rings is 2. The molecule has 4 heterocycles. The molecule has 88 valence electrons. The van der Waals surface area contributed by atoms with Crippen molar-refractivity contribution in [2.45, 2.75) is 0 Å². The van der Waals surface area contributed by atoms with Crippen molar-refractivity contribution in [1.82, 2.24) is 13.8 Å². The molecule has 3 nitrogen and oxygen atoms in total. The Morgan fingerprint density at radius 1 is 0.667 bits per heavy atom. The quantitative estimate of drug-likeness (QED) is 0.458. The van der Waals surface area contributed by atoms with Crippen molar-refractivity contribution in [3.05, 3.63) is 79.5 Å². The topological polar surface area (TPSA) is 21.7 Å². The first-order chi connectivity index (χ1) is 8.93. The number of rotatable bonds is 0. The van der Waals surface area contributed by atoms with E-state index in [-0.39, 0.29) is 0 Å². The van der Waals surface area contributed by atoms with E-state index in [9.17, 15) is 0 Å². The zero-order valence-corrected chi connectivity index (χ0v) is 9.85. The first-order valence-electron chi connectivity index (χ1n) is 5.83. The van der Waals surface area contributed by atoms with Gasteiger partial charge in [0.25, 0.3) is 0 Å². The Kier molecular flexibility index (Phi) is 2.80. The zero-order chi connectivity index (χ0) is 12.2. The highest BCUT2D eigenvalue weighted by Crippen LogP contribution is 2.01. The molecule has 0 fully saturated rings. The molecule has 0 aliphatic rings. The average Bonchev–Trinajstić information content (AvgIpc) is 3.08. The van der Waals surface area contributed by atoms with Crippen molar-refractivity contribution in [3.63, 3.8) is 0 Å². The average molecular weight is 235 g/mol. The summed E-state index contributed by atoms with van der Waals surface area (Å²) in [7, 11) is 0. The third-order valence-corrected chi connectivity index (χ3v) is 2.74. The minimum absolute atomic E-state index is 0.998. The summed E-state index contributed by atoms with van der Waals surface area (Å²) in [6.45, 7) is 0. The maximum atomic E-state index is 4.08. The van der Waals surface area contributed by atoms with E-state index in [1.165, 1.54) is 5.52 Å². The number of imidazole rings is 1. The van der Waals surface area contributed by atoms with Crippen LogP contribution in [0.15, 0.2) is 79.5 Å². The smallest absolute Gasteiger partial charge is 0.136 e. The van der Waals surface area contributed by atoms with E-state index in [2.05, 4.69) is 21.5 Å². The summed E-state index contributed by atoms with van der Waals surface area (Å²) in [5.41, 5.74) is 2.25. The molecule has 0 radical (unpaired) electrons. The number of fused-ring (bicyclic) bond motifs is 2. The van der Waals surface area contributed by atoms with Crippen LogP contribution in [-0.4, -0.2) is 13.8 Å². The second kappa shape index (κ2) is 4.75. The van der Waals surface area contributed by atoms with Crippen LogP contribution in [0.25, 0.3) is 11.2 Å². The molecule has 4 aromatic heterocycles. The van der Waals surface area contributed by atoms with E-state index >= 15 is 0 Å². The highest BCUT2D eigenvalue weighted by molar-refractivity contribution is 5.46. The van der Waals surface area contributed by atoms with E-state index < -0.39 is 0 Å². The van der Waals surface area contributed by atoms with Gasteiger partial charge in [-0.3, -0.25) is 0 Å². The number of aromatic nitrogens is 3. The Morgan fingerprint density at radius 3 is 2.22 bits per heavy atom. The molecule has 0 amide bonds. The van der Waals surface area contributed by atoms with E-state index in [0.29, 0.717) is 0 Å². The molecule has 0 spiro atoms. The molecule has 0 aliphatic carbocycles. The van der Waals surface area contributed by atoms with Crippen LogP contribution in [-0.2, 0) is 0 Å². The first-order valence-corrected chi connectivity index (χ1v) is 5.83. The summed E-state index contributed by atoms with van der Waals surface area (Å²) in [5, 5.41) is 0. The molecule has 0 saturated carbocycles. The van der Waals surface area contributed by atoms with Crippen molar-refractivity contribution < 1.29 is 0 Å². The Labute approximate surface area is 105 Å². The zero-order valence-electron chi connectivity index (χ0n) is 9.85. The van der Waals surface area contributed by atoms with Crippen LogP contribution < -0.4 is 0 Å². The summed E-state index contributed by atoms with van der Waals surface area (Å²) in [5.74, 6) is 0. The van der Waals surface area contributed by atoms with Crippen LogP contribution in [0.1, 0.15) is 0 Å². The molecule has 0 atom stereocenters. The molecule has 3 heteroatoms. The van der Waals surface area contributed by atoms with Gasteiger partial charge in [-0.1, -0.05) is 12.1 Å². The van der Waals surface area contributed by atoms with Crippen LogP contribution in [0.3, 0.4) is 0 Å². The molecular weight excluding hydrogens is 222 g/mol. The monoisotopic (exact) mass is 235 g/mol. The normalized spacial score (nSPS) is 10.2. The van der Waals surface area contributed by atoms with Gasteiger partial charge in [-0.25, -0.2) is 4.98 Å². The molecule has 0 unspecified atom stereocenters. The number of hydrogen-bond acceptors (Lipinski definition) is 1. The van der Waals surface area contributed by atoms with Crippen molar-refractivity contribution in [2.75, 3.05) is 0 Å². The standard InChI is InChI=1S/C8H7N.C7H6N2/c1-2-6-9-7-3-5-8(9)4-1;1-2-5-9-6-4-8-7(9)3-1/h1-7H;1-6H. The molecule has 18 heavy (non-hydrogen) atoms. The van der Waals surface area contributed by atoms with Crippen LogP contribution in [0, 0.1) is 0 Å². The lowest BCUT2D eigenvalue weighted by Crippen LogP contribution is -1.77. The van der Waals surface area contributed by atoms with Crippen molar-refractivity contribution in [1.29, 1.82) is 0 Å². The molecule has 0 aliphatic heterocycles. The Hall–Kier alpha value is -2.55. The third kappa shape index (κ3) is 2.11. The third-order valence-electron chi connectivity index (χ3n) is 2.74. The molecule has 4 rings (SSSR count). The molecule has 0 saturated heterocycles. The van der Waals surface area contributed by atoms with Gasteiger partial charge < -0.3 is 8.80 Å². The van der Waals surface area contributed by atoms with Crippen molar-refractivity contribution in [3.8, 4) is 0 Å². The lowest BCUT2D eigenvalue weighted by atomic mass is 10.4. The maximum Gasteiger partial charge on any atom is 0.136 e. The van der Waals surface area contributed by atoms with Crippen LogP contribution in [0.4, 0.5) is 0 Å². The Morgan fingerprint density at radius 2 is 1.39 bits per heavy atom. The number of nitrogens with zero attached hydrogens (tertiary/aromatic N) is 3. The van der Waals surface area contributed by atoms with Gasteiger partial charge in [0.15, 0.2) is 0 Å². The molecule has 0 N–H and O–H groups in total. The van der Waals surface area contributed by atoms with E-state index in [4.69, 9.17) is 0 Å². The maximum absolute atomic E-state index is 4.08. The van der Waals surface area contributed by atoms with Crippen molar-refractivity contribution >= 4 is 11.2 Å². The Balaban J connectivity index is 0.000000111. The fraction of sp³-hybridized carbons (Fsp3) is 0. The predicted octanol–water partition coefficient (Wildman–Crippen LogP) is 3.27. The van der Waals surface area contributed by atoms with Crippen molar-refractivity contribution in [2.24, 2.45) is 0 Å². The van der Waals surface area contributed by atoms with Gasteiger partial charge in [-0.05, 0) is 36.4 Å². The van der Waals surface area contributed by atoms with Gasteiger partial charge >= 0.3 is 0 Å². The molecular formula is C15H13N3. The summed E-state index contributed by atoms with van der Waals surface area (Å²) in [6.07, 6.45) is 9.76. The Bertz CT molecular complexity index is 626. The first kappa shape index (κ1) is 10.6. The lowest BCUT2D eigenvalue weighted by Gasteiger charge is -1.88. The van der Waals surface area contributed by atoms with E-state index in [1.54, 1.807) is 6.20 Å². The molecule has 0 aromatic carbocycles. The summed E-state index contributed by atoms with van der Waals surface area (Å²) < 4.78 is 4.06. The molecule has 4 aromatic rings. The SMILES string of the molecule is c1ccn2cccc2c1.c1ccn2ccnc2c1. The largest absolute Gasteiger partial charge is 0.324 e. The van der Waals surface area contributed by atoms with Crippen LogP contribution in [0.5, 0.6) is 0 Å².